The van der Waals surface area contributed by atoms with Crippen LogP contribution >= 0.6 is 12.4 Å². The van der Waals surface area contributed by atoms with E-state index in [1.54, 1.807) is 0 Å². The third-order valence-electron chi connectivity index (χ3n) is 3.74. The smallest absolute Gasteiger partial charge is 0.122 e. The SMILES string of the molecule is Cl.c1cc2c(c(OCC3CCNC3)c1)CCC2. The molecule has 3 heteroatoms. The van der Waals surface area contributed by atoms with Crippen LogP contribution in [0.25, 0.3) is 0 Å². The second-order valence-electron chi connectivity index (χ2n) is 4.92. The largest absolute Gasteiger partial charge is 0.493 e. The van der Waals surface area contributed by atoms with E-state index >= 15 is 0 Å². The molecule has 1 atom stereocenters. The Labute approximate surface area is 109 Å². The van der Waals surface area contributed by atoms with Crippen molar-refractivity contribution in [3.8, 4) is 5.75 Å². The average molecular weight is 254 g/mol. The minimum atomic E-state index is 0. The Balaban J connectivity index is 0.00000108. The number of halogens is 1. The monoisotopic (exact) mass is 253 g/mol. The van der Waals surface area contributed by atoms with E-state index in [4.69, 9.17) is 4.74 Å². The third-order valence-corrected chi connectivity index (χ3v) is 3.74. The van der Waals surface area contributed by atoms with E-state index in [2.05, 4.69) is 23.5 Å². The fourth-order valence-corrected chi connectivity index (χ4v) is 2.78. The first kappa shape index (κ1) is 12.7. The van der Waals surface area contributed by atoms with E-state index < -0.39 is 0 Å². The van der Waals surface area contributed by atoms with Crippen molar-refractivity contribution in [2.45, 2.75) is 25.7 Å². The number of nitrogens with one attached hydrogen (secondary N) is 1. The van der Waals surface area contributed by atoms with Gasteiger partial charge in [0.1, 0.15) is 5.75 Å². The van der Waals surface area contributed by atoms with Gasteiger partial charge in [0.15, 0.2) is 0 Å². The zero-order valence-corrected chi connectivity index (χ0v) is 10.9. The fourth-order valence-electron chi connectivity index (χ4n) is 2.78. The first-order chi connectivity index (χ1) is 7.93. The topological polar surface area (TPSA) is 21.3 Å². The van der Waals surface area contributed by atoms with Crippen molar-refractivity contribution in [2.24, 2.45) is 5.92 Å². The standard InChI is InChI=1S/C14H19NO.ClH/c1-3-12-4-2-6-14(13(12)5-1)16-10-11-7-8-15-9-11;/h2,4,6,11,15H,1,3,5,7-10H2;1H. The van der Waals surface area contributed by atoms with E-state index in [-0.39, 0.29) is 12.4 Å². The molecule has 2 nitrogen and oxygen atoms in total. The number of fused-ring (bicyclic) bond motifs is 1. The Morgan fingerprint density at radius 2 is 2.24 bits per heavy atom. The maximum absolute atomic E-state index is 5.99. The zero-order chi connectivity index (χ0) is 10.8. The van der Waals surface area contributed by atoms with Crippen LogP contribution in [0.2, 0.25) is 0 Å². The summed E-state index contributed by atoms with van der Waals surface area (Å²) in [6.07, 6.45) is 4.99. The van der Waals surface area contributed by atoms with Crippen LogP contribution in [0.15, 0.2) is 18.2 Å². The minimum Gasteiger partial charge on any atom is -0.493 e. The lowest BCUT2D eigenvalue weighted by Gasteiger charge is -2.13. The van der Waals surface area contributed by atoms with E-state index in [1.807, 2.05) is 0 Å². The lowest BCUT2D eigenvalue weighted by Crippen LogP contribution is -2.15. The molecule has 0 aromatic heterocycles. The Hall–Kier alpha value is -0.730. The third kappa shape index (κ3) is 2.75. The molecule has 0 bridgehead atoms. The first-order valence-corrected chi connectivity index (χ1v) is 6.38. The van der Waals surface area contributed by atoms with Gasteiger partial charge in [0.05, 0.1) is 6.61 Å². The van der Waals surface area contributed by atoms with Crippen LogP contribution in [-0.4, -0.2) is 19.7 Å². The summed E-state index contributed by atoms with van der Waals surface area (Å²) in [4.78, 5) is 0. The Bertz CT molecular complexity index is 374. The van der Waals surface area contributed by atoms with Crippen LogP contribution in [0.1, 0.15) is 24.0 Å². The quantitative estimate of drug-likeness (QED) is 0.894. The summed E-state index contributed by atoms with van der Waals surface area (Å²) >= 11 is 0. The maximum atomic E-state index is 5.99. The molecule has 3 rings (SSSR count). The van der Waals surface area contributed by atoms with Crippen molar-refractivity contribution in [3.63, 3.8) is 0 Å². The average Bonchev–Trinajstić information content (AvgIpc) is 2.97. The zero-order valence-electron chi connectivity index (χ0n) is 10.1. The predicted octanol–water partition coefficient (Wildman–Crippen LogP) is 2.59. The van der Waals surface area contributed by atoms with Crippen molar-refractivity contribution in [3.05, 3.63) is 29.3 Å². The summed E-state index contributed by atoms with van der Waals surface area (Å²) < 4.78 is 5.99. The van der Waals surface area contributed by atoms with Gasteiger partial charge >= 0.3 is 0 Å². The van der Waals surface area contributed by atoms with Crippen molar-refractivity contribution in [1.29, 1.82) is 0 Å². The van der Waals surface area contributed by atoms with Gasteiger partial charge in [0, 0.05) is 12.5 Å². The molecule has 1 aliphatic heterocycles. The van der Waals surface area contributed by atoms with Gasteiger partial charge in [-0.25, -0.2) is 0 Å². The first-order valence-electron chi connectivity index (χ1n) is 6.38. The second kappa shape index (κ2) is 5.74. The molecule has 1 aromatic carbocycles. The van der Waals surface area contributed by atoms with Gasteiger partial charge in [0.25, 0.3) is 0 Å². The van der Waals surface area contributed by atoms with Crippen molar-refractivity contribution >= 4 is 12.4 Å². The van der Waals surface area contributed by atoms with Gasteiger partial charge in [-0.05, 0) is 49.4 Å². The molecule has 0 saturated carbocycles. The number of benzene rings is 1. The minimum absolute atomic E-state index is 0. The van der Waals surface area contributed by atoms with E-state index in [9.17, 15) is 0 Å². The lowest BCUT2D eigenvalue weighted by atomic mass is 10.1. The van der Waals surface area contributed by atoms with Crippen LogP contribution in [0, 0.1) is 5.92 Å². The second-order valence-corrected chi connectivity index (χ2v) is 4.92. The predicted molar refractivity (Wildman–Crippen MR) is 72.2 cm³/mol. The lowest BCUT2D eigenvalue weighted by molar-refractivity contribution is 0.258. The molecule has 1 heterocycles. The van der Waals surface area contributed by atoms with E-state index in [1.165, 1.54) is 36.8 Å². The summed E-state index contributed by atoms with van der Waals surface area (Å²) in [6, 6.07) is 6.51. The number of rotatable bonds is 3. The maximum Gasteiger partial charge on any atom is 0.122 e. The molecule has 1 aromatic rings. The highest BCUT2D eigenvalue weighted by Gasteiger charge is 2.18. The Morgan fingerprint density at radius 1 is 1.29 bits per heavy atom. The Kier molecular flexibility index (Phi) is 4.30. The van der Waals surface area contributed by atoms with Gasteiger partial charge in [-0.2, -0.15) is 0 Å². The molecule has 2 aliphatic rings. The van der Waals surface area contributed by atoms with Crippen molar-refractivity contribution < 1.29 is 4.74 Å². The van der Waals surface area contributed by atoms with E-state index in [0.717, 1.165) is 25.4 Å². The van der Waals surface area contributed by atoms with Crippen molar-refractivity contribution in [2.75, 3.05) is 19.7 Å². The van der Waals surface area contributed by atoms with Gasteiger partial charge in [0.2, 0.25) is 0 Å². The molecule has 1 aliphatic carbocycles. The molecular formula is C14H20ClNO. The molecule has 1 fully saturated rings. The molecule has 0 radical (unpaired) electrons. The van der Waals surface area contributed by atoms with Crippen LogP contribution in [0.3, 0.4) is 0 Å². The molecule has 1 saturated heterocycles. The van der Waals surface area contributed by atoms with Crippen LogP contribution < -0.4 is 10.1 Å². The molecular weight excluding hydrogens is 234 g/mol. The molecule has 1 N–H and O–H groups in total. The molecule has 0 amide bonds. The number of ether oxygens (including phenoxy) is 1. The normalized spacial score (nSPS) is 22.0. The van der Waals surface area contributed by atoms with Gasteiger partial charge < -0.3 is 10.1 Å². The number of aryl methyl sites for hydroxylation is 1. The Morgan fingerprint density at radius 3 is 3.06 bits per heavy atom. The van der Waals surface area contributed by atoms with Gasteiger partial charge in [-0.1, -0.05) is 12.1 Å². The molecule has 0 spiro atoms. The summed E-state index contributed by atoms with van der Waals surface area (Å²) in [5.41, 5.74) is 2.97. The molecule has 17 heavy (non-hydrogen) atoms. The highest BCUT2D eigenvalue weighted by atomic mass is 35.5. The fraction of sp³-hybridized carbons (Fsp3) is 0.571. The van der Waals surface area contributed by atoms with Crippen LogP contribution in [0.4, 0.5) is 0 Å². The van der Waals surface area contributed by atoms with Crippen molar-refractivity contribution in [1.82, 2.24) is 5.32 Å². The summed E-state index contributed by atoms with van der Waals surface area (Å²) in [7, 11) is 0. The van der Waals surface area contributed by atoms with Gasteiger partial charge in [-0.15, -0.1) is 12.4 Å². The van der Waals surface area contributed by atoms with Gasteiger partial charge in [-0.3, -0.25) is 0 Å². The van der Waals surface area contributed by atoms with E-state index in [0.29, 0.717) is 5.92 Å². The summed E-state index contributed by atoms with van der Waals surface area (Å²) in [5.74, 6) is 1.85. The van der Waals surface area contributed by atoms with Crippen LogP contribution in [0.5, 0.6) is 5.75 Å². The highest BCUT2D eigenvalue weighted by molar-refractivity contribution is 5.85. The number of hydrogen-bond acceptors (Lipinski definition) is 2. The van der Waals surface area contributed by atoms with Crippen LogP contribution in [-0.2, 0) is 12.8 Å². The number of hydrogen-bond donors (Lipinski definition) is 1. The molecule has 94 valence electrons. The summed E-state index contributed by atoms with van der Waals surface area (Å²) in [6.45, 7) is 3.15. The highest BCUT2D eigenvalue weighted by Crippen LogP contribution is 2.30. The summed E-state index contributed by atoms with van der Waals surface area (Å²) in [5, 5.41) is 3.38. The molecule has 1 unspecified atom stereocenters.